The van der Waals surface area contributed by atoms with E-state index in [4.69, 9.17) is 4.98 Å². The molecule has 34 heavy (non-hydrogen) atoms. The minimum Gasteiger partial charge on any atom is -0.339 e. The van der Waals surface area contributed by atoms with Crippen molar-refractivity contribution in [1.82, 2.24) is 24.4 Å². The number of rotatable bonds is 5. The van der Waals surface area contributed by atoms with Gasteiger partial charge < -0.3 is 10.2 Å². The van der Waals surface area contributed by atoms with E-state index in [1.165, 1.54) is 9.44 Å². The minimum absolute atomic E-state index is 0.226. The molecule has 2 N–H and O–H groups in total. The molecule has 0 spiro atoms. The Labute approximate surface area is 199 Å². The second-order valence-corrected chi connectivity index (χ2v) is 9.56. The quantitative estimate of drug-likeness (QED) is 0.457. The first-order valence-corrected chi connectivity index (χ1v) is 12.1. The molecule has 0 amide bonds. The molecule has 2 unspecified atom stereocenters. The van der Waals surface area contributed by atoms with Crippen molar-refractivity contribution in [2.75, 3.05) is 24.5 Å². The molecule has 2 atom stereocenters. The van der Waals surface area contributed by atoms with Crippen LogP contribution in [0.2, 0.25) is 0 Å². The molecule has 4 aromatic rings. The SMILES string of the molecule is CC(c1ccccc1C#N)n1c(N2CCNC(Cc3cccs3)C2)nc2c1c(=O)[nH]c(=O)n2C. The van der Waals surface area contributed by atoms with E-state index in [2.05, 4.69) is 38.8 Å². The van der Waals surface area contributed by atoms with Crippen LogP contribution < -0.4 is 21.5 Å². The van der Waals surface area contributed by atoms with E-state index in [1.807, 2.05) is 29.7 Å². The number of H-pyrrole nitrogens is 1. The number of hydrogen-bond acceptors (Lipinski definition) is 7. The molecule has 1 aliphatic heterocycles. The maximum absolute atomic E-state index is 13.0. The van der Waals surface area contributed by atoms with Gasteiger partial charge in [-0.05, 0) is 36.4 Å². The lowest BCUT2D eigenvalue weighted by Crippen LogP contribution is -2.52. The van der Waals surface area contributed by atoms with E-state index < -0.39 is 11.2 Å². The molecule has 0 radical (unpaired) electrons. The van der Waals surface area contributed by atoms with Crippen molar-refractivity contribution in [3.05, 3.63) is 78.6 Å². The number of nitriles is 1. The molecule has 1 saturated heterocycles. The molecule has 4 heterocycles. The summed E-state index contributed by atoms with van der Waals surface area (Å²) in [6, 6.07) is 13.7. The third-order valence-corrected chi connectivity index (χ3v) is 7.32. The summed E-state index contributed by atoms with van der Waals surface area (Å²) in [6.45, 7) is 4.15. The predicted octanol–water partition coefficient (Wildman–Crippen LogP) is 1.99. The molecule has 3 aromatic heterocycles. The van der Waals surface area contributed by atoms with Gasteiger partial charge in [-0.3, -0.25) is 18.9 Å². The van der Waals surface area contributed by atoms with Crippen LogP contribution in [-0.4, -0.2) is 44.8 Å². The molecule has 0 saturated carbocycles. The van der Waals surface area contributed by atoms with Crippen molar-refractivity contribution in [2.24, 2.45) is 7.05 Å². The number of thiophene rings is 1. The van der Waals surface area contributed by atoms with E-state index in [-0.39, 0.29) is 12.1 Å². The van der Waals surface area contributed by atoms with Crippen LogP contribution in [0.1, 0.15) is 29.0 Å². The average Bonchev–Trinajstić information content (AvgIpc) is 3.50. The Bertz CT molecular complexity index is 1490. The Morgan fingerprint density at radius 2 is 2.09 bits per heavy atom. The Hall–Kier alpha value is -3.68. The summed E-state index contributed by atoms with van der Waals surface area (Å²) in [7, 11) is 1.60. The van der Waals surface area contributed by atoms with E-state index in [9.17, 15) is 14.9 Å². The highest BCUT2D eigenvalue weighted by molar-refractivity contribution is 7.09. The number of aryl methyl sites for hydroxylation is 1. The number of anilines is 1. The Balaban J connectivity index is 1.65. The van der Waals surface area contributed by atoms with Crippen LogP contribution in [0, 0.1) is 11.3 Å². The number of aromatic nitrogens is 4. The van der Waals surface area contributed by atoms with Gasteiger partial charge >= 0.3 is 5.69 Å². The van der Waals surface area contributed by atoms with Crippen LogP contribution in [0.25, 0.3) is 11.2 Å². The van der Waals surface area contributed by atoms with E-state index >= 15 is 0 Å². The summed E-state index contributed by atoms with van der Waals surface area (Å²) in [5.74, 6) is 0.625. The molecule has 5 rings (SSSR count). The largest absolute Gasteiger partial charge is 0.339 e. The first-order valence-electron chi connectivity index (χ1n) is 11.2. The van der Waals surface area contributed by atoms with Crippen molar-refractivity contribution in [1.29, 1.82) is 5.26 Å². The second-order valence-electron chi connectivity index (χ2n) is 8.53. The monoisotopic (exact) mass is 475 g/mol. The van der Waals surface area contributed by atoms with Crippen LogP contribution in [0.5, 0.6) is 0 Å². The van der Waals surface area contributed by atoms with Crippen molar-refractivity contribution >= 4 is 28.4 Å². The molecular formula is C24H25N7O2S. The van der Waals surface area contributed by atoms with E-state index in [0.717, 1.165) is 18.5 Å². The number of imidazole rings is 1. The summed E-state index contributed by atoms with van der Waals surface area (Å²) in [4.78, 5) is 36.0. The number of piperazine rings is 1. The lowest BCUT2D eigenvalue weighted by molar-refractivity contribution is 0.446. The Morgan fingerprint density at radius 3 is 2.85 bits per heavy atom. The van der Waals surface area contributed by atoms with E-state index in [0.29, 0.717) is 35.8 Å². The number of nitrogens with one attached hydrogen (secondary N) is 2. The van der Waals surface area contributed by atoms with Gasteiger partial charge in [0.2, 0.25) is 5.95 Å². The number of benzene rings is 1. The zero-order chi connectivity index (χ0) is 23.8. The van der Waals surface area contributed by atoms with Gasteiger partial charge in [0.25, 0.3) is 5.56 Å². The van der Waals surface area contributed by atoms with Crippen molar-refractivity contribution < 1.29 is 0 Å². The van der Waals surface area contributed by atoms with Gasteiger partial charge in [0.1, 0.15) is 0 Å². The zero-order valence-electron chi connectivity index (χ0n) is 19.0. The zero-order valence-corrected chi connectivity index (χ0v) is 19.8. The van der Waals surface area contributed by atoms with Gasteiger partial charge in [-0.25, -0.2) is 4.79 Å². The molecule has 9 nitrogen and oxygen atoms in total. The number of aromatic amines is 1. The van der Waals surface area contributed by atoms with Gasteiger partial charge in [0.15, 0.2) is 11.2 Å². The number of hydrogen-bond donors (Lipinski definition) is 2. The average molecular weight is 476 g/mol. The molecule has 174 valence electrons. The lowest BCUT2D eigenvalue weighted by atomic mass is 10.0. The van der Waals surface area contributed by atoms with Crippen molar-refractivity contribution in [3.8, 4) is 6.07 Å². The normalized spacial score (nSPS) is 17.1. The standard InChI is InChI=1S/C24H25N7O2S/c1-15(19-8-4-3-6-16(19)13-25)31-20-21(29(2)24(33)28-22(20)32)27-23(31)30-10-9-26-17(14-30)12-18-7-5-11-34-18/h3-8,11,15,17,26H,9-10,12,14H2,1-2H3,(H,28,32,33). The highest BCUT2D eigenvalue weighted by atomic mass is 32.1. The topological polar surface area (TPSA) is 112 Å². The highest BCUT2D eigenvalue weighted by Gasteiger charge is 2.29. The van der Waals surface area contributed by atoms with Crippen LogP contribution in [0.4, 0.5) is 5.95 Å². The van der Waals surface area contributed by atoms with E-state index in [1.54, 1.807) is 24.5 Å². The summed E-state index contributed by atoms with van der Waals surface area (Å²) in [5, 5.41) is 15.3. The van der Waals surface area contributed by atoms with Gasteiger partial charge in [0, 0.05) is 37.6 Å². The highest BCUT2D eigenvalue weighted by Crippen LogP contribution is 2.31. The lowest BCUT2D eigenvalue weighted by Gasteiger charge is -2.35. The fourth-order valence-corrected chi connectivity index (χ4v) is 5.48. The molecule has 1 aliphatic rings. The van der Waals surface area contributed by atoms with Crippen LogP contribution in [0.15, 0.2) is 51.4 Å². The Kier molecular flexibility index (Phi) is 5.81. The third kappa shape index (κ3) is 3.83. The predicted molar refractivity (Wildman–Crippen MR) is 133 cm³/mol. The summed E-state index contributed by atoms with van der Waals surface area (Å²) in [5.41, 5.74) is 1.01. The van der Waals surface area contributed by atoms with Crippen molar-refractivity contribution in [3.63, 3.8) is 0 Å². The fourth-order valence-electron chi connectivity index (χ4n) is 4.70. The van der Waals surface area contributed by atoms with Crippen molar-refractivity contribution in [2.45, 2.75) is 25.4 Å². The molecule has 10 heteroatoms. The number of fused-ring (bicyclic) bond motifs is 1. The number of nitrogens with zero attached hydrogens (tertiary/aromatic N) is 5. The van der Waals surface area contributed by atoms with Gasteiger partial charge in [-0.15, -0.1) is 11.3 Å². The molecule has 0 bridgehead atoms. The van der Waals surface area contributed by atoms with Gasteiger partial charge in [-0.1, -0.05) is 24.3 Å². The van der Waals surface area contributed by atoms with Crippen LogP contribution in [-0.2, 0) is 13.5 Å². The van der Waals surface area contributed by atoms with Gasteiger partial charge in [-0.2, -0.15) is 10.2 Å². The summed E-state index contributed by atoms with van der Waals surface area (Å²) >= 11 is 1.74. The van der Waals surface area contributed by atoms with Crippen LogP contribution >= 0.6 is 11.3 Å². The molecule has 1 aromatic carbocycles. The first kappa shape index (κ1) is 22.1. The third-order valence-electron chi connectivity index (χ3n) is 6.42. The smallest absolute Gasteiger partial charge is 0.329 e. The van der Waals surface area contributed by atoms with Crippen LogP contribution in [0.3, 0.4) is 0 Å². The maximum Gasteiger partial charge on any atom is 0.329 e. The minimum atomic E-state index is -0.505. The molecular weight excluding hydrogens is 450 g/mol. The first-order chi connectivity index (χ1) is 16.5. The molecule has 1 fully saturated rings. The molecule has 0 aliphatic carbocycles. The Morgan fingerprint density at radius 1 is 1.26 bits per heavy atom. The summed E-state index contributed by atoms with van der Waals surface area (Å²) in [6.07, 6.45) is 0.903. The summed E-state index contributed by atoms with van der Waals surface area (Å²) < 4.78 is 3.24. The van der Waals surface area contributed by atoms with Gasteiger partial charge in [0.05, 0.1) is 17.7 Å². The fraction of sp³-hybridized carbons (Fsp3) is 0.333. The second kappa shape index (κ2) is 8.93. The maximum atomic E-state index is 13.0.